The average Bonchev–Trinajstić information content (AvgIpc) is 3.29. The van der Waals surface area contributed by atoms with Gasteiger partial charge in [-0.1, -0.05) is 12.5 Å². The number of pyridine rings is 1. The number of amides is 1. The fourth-order valence-corrected chi connectivity index (χ4v) is 7.08. The smallest absolute Gasteiger partial charge is 0.263 e. The molecule has 2 aromatic heterocycles. The van der Waals surface area contributed by atoms with Gasteiger partial charge in [0.1, 0.15) is 15.6 Å². The molecule has 2 atom stereocenters. The number of thiophene rings is 1. The first-order valence-electron chi connectivity index (χ1n) is 11.1. The number of morpholine rings is 1. The number of ether oxygens (including phenoxy) is 1. The van der Waals surface area contributed by atoms with Crippen molar-refractivity contribution in [3.05, 3.63) is 40.2 Å². The molecule has 0 spiro atoms. The molecule has 8 nitrogen and oxygen atoms in total. The van der Waals surface area contributed by atoms with Gasteiger partial charge in [0.05, 0.1) is 12.2 Å². The number of carbonyl (C=O) groups excluding carboxylic acids is 1. The van der Waals surface area contributed by atoms with E-state index in [1.807, 2.05) is 12.1 Å². The normalized spacial score (nSPS) is 22.6. The zero-order valence-electron chi connectivity index (χ0n) is 18.5. The highest BCUT2D eigenvalue weighted by Crippen LogP contribution is 2.27. The molecule has 32 heavy (non-hydrogen) atoms. The van der Waals surface area contributed by atoms with Gasteiger partial charge < -0.3 is 15.0 Å². The van der Waals surface area contributed by atoms with Crippen LogP contribution in [0.2, 0.25) is 0 Å². The summed E-state index contributed by atoms with van der Waals surface area (Å²) in [7, 11) is -3.65. The van der Waals surface area contributed by atoms with Crippen molar-refractivity contribution in [3.8, 4) is 0 Å². The Morgan fingerprint density at radius 3 is 2.53 bits per heavy atom. The number of sulfonamides is 1. The molecule has 4 heterocycles. The summed E-state index contributed by atoms with van der Waals surface area (Å²) in [5, 5.41) is 4.50. The Labute approximate surface area is 193 Å². The fourth-order valence-electron chi connectivity index (χ4n) is 4.25. The molecule has 2 saturated heterocycles. The molecule has 0 aliphatic carbocycles. The van der Waals surface area contributed by atoms with E-state index in [0.717, 1.165) is 55.1 Å². The summed E-state index contributed by atoms with van der Waals surface area (Å²) in [5.41, 5.74) is 0.855. The van der Waals surface area contributed by atoms with Gasteiger partial charge in [-0.05, 0) is 49.8 Å². The topological polar surface area (TPSA) is 91.8 Å². The van der Waals surface area contributed by atoms with E-state index in [1.165, 1.54) is 10.4 Å². The van der Waals surface area contributed by atoms with E-state index in [1.54, 1.807) is 11.6 Å². The average molecular weight is 479 g/mol. The van der Waals surface area contributed by atoms with Gasteiger partial charge in [0.2, 0.25) is 10.0 Å². The Morgan fingerprint density at radius 1 is 1.16 bits per heavy atom. The van der Waals surface area contributed by atoms with Crippen LogP contribution in [0.25, 0.3) is 0 Å². The molecule has 2 aliphatic rings. The number of hydrogen-bond donors (Lipinski definition) is 1. The number of nitrogens with zero attached hydrogens (tertiary/aromatic N) is 3. The van der Waals surface area contributed by atoms with Gasteiger partial charge in [0, 0.05) is 38.9 Å². The van der Waals surface area contributed by atoms with Crippen molar-refractivity contribution < 1.29 is 17.9 Å². The summed E-state index contributed by atoms with van der Waals surface area (Å²) in [4.78, 5) is 19.9. The highest BCUT2D eigenvalue weighted by Gasteiger charge is 2.31. The zero-order chi connectivity index (χ0) is 22.7. The second-order valence-electron chi connectivity index (χ2n) is 8.45. The molecule has 0 bridgehead atoms. The summed E-state index contributed by atoms with van der Waals surface area (Å²) in [5.74, 6) is 0.505. The van der Waals surface area contributed by atoms with Gasteiger partial charge in [-0.25, -0.2) is 13.4 Å². The van der Waals surface area contributed by atoms with E-state index in [0.29, 0.717) is 13.1 Å². The Balaban J connectivity index is 1.39. The molecule has 1 amide bonds. The lowest BCUT2D eigenvalue weighted by Crippen LogP contribution is -2.45. The number of piperidine rings is 1. The van der Waals surface area contributed by atoms with Crippen LogP contribution in [-0.4, -0.2) is 62.0 Å². The minimum Gasteiger partial charge on any atom is -0.372 e. The molecule has 2 unspecified atom stereocenters. The van der Waals surface area contributed by atoms with E-state index >= 15 is 0 Å². The van der Waals surface area contributed by atoms with Crippen LogP contribution in [0.1, 0.15) is 48.3 Å². The van der Waals surface area contributed by atoms with E-state index in [9.17, 15) is 13.2 Å². The van der Waals surface area contributed by atoms with E-state index in [-0.39, 0.29) is 34.4 Å². The minimum absolute atomic E-state index is 0.103. The Kier molecular flexibility index (Phi) is 7.14. The molecular formula is C22H30N4O4S2. The molecule has 1 N–H and O–H groups in total. The molecule has 4 rings (SSSR count). The maximum absolute atomic E-state index is 13.0. The van der Waals surface area contributed by atoms with Crippen LogP contribution < -0.4 is 10.2 Å². The third-order valence-electron chi connectivity index (χ3n) is 5.77. The predicted molar refractivity (Wildman–Crippen MR) is 125 cm³/mol. The van der Waals surface area contributed by atoms with Gasteiger partial charge in [-0.3, -0.25) is 4.79 Å². The quantitative estimate of drug-likeness (QED) is 0.687. The van der Waals surface area contributed by atoms with Crippen molar-refractivity contribution in [2.75, 3.05) is 31.1 Å². The number of nitrogens with one attached hydrogen (secondary N) is 1. The van der Waals surface area contributed by atoms with Gasteiger partial charge in [0.25, 0.3) is 5.91 Å². The highest BCUT2D eigenvalue weighted by atomic mass is 32.2. The van der Waals surface area contributed by atoms with Gasteiger partial charge >= 0.3 is 0 Å². The Bertz CT molecular complexity index is 1020. The molecule has 2 aromatic rings. The van der Waals surface area contributed by atoms with Crippen molar-refractivity contribution in [1.82, 2.24) is 14.6 Å². The van der Waals surface area contributed by atoms with Crippen molar-refractivity contribution >= 4 is 33.1 Å². The third-order valence-corrected chi connectivity index (χ3v) is 8.76. The summed E-state index contributed by atoms with van der Waals surface area (Å²) in [6.45, 7) is 6.99. The first-order chi connectivity index (χ1) is 15.3. The first kappa shape index (κ1) is 23.2. The SMILES string of the molecule is CC1CN(c2ccc(CNC(=O)c3sccc3S(=O)(=O)N3CCCCC3)cn2)CC(C)O1. The van der Waals surface area contributed by atoms with Crippen LogP contribution in [0.15, 0.2) is 34.7 Å². The molecule has 10 heteroatoms. The predicted octanol–water partition coefficient (Wildman–Crippen LogP) is 2.86. The molecule has 0 saturated carbocycles. The van der Waals surface area contributed by atoms with Crippen LogP contribution >= 0.6 is 11.3 Å². The molecule has 2 aliphatic heterocycles. The summed E-state index contributed by atoms with van der Waals surface area (Å²) in [6, 6.07) is 5.42. The summed E-state index contributed by atoms with van der Waals surface area (Å²) in [6.07, 6.45) is 4.81. The van der Waals surface area contributed by atoms with Crippen LogP contribution in [-0.2, 0) is 21.3 Å². The summed E-state index contributed by atoms with van der Waals surface area (Å²) >= 11 is 1.15. The second-order valence-corrected chi connectivity index (χ2v) is 11.3. The van der Waals surface area contributed by atoms with Crippen molar-refractivity contribution in [3.63, 3.8) is 0 Å². The molecular weight excluding hydrogens is 448 g/mol. The fraction of sp³-hybridized carbons (Fsp3) is 0.545. The van der Waals surface area contributed by atoms with Crippen LogP contribution in [0.4, 0.5) is 5.82 Å². The molecule has 0 radical (unpaired) electrons. The highest BCUT2D eigenvalue weighted by molar-refractivity contribution is 7.89. The zero-order valence-corrected chi connectivity index (χ0v) is 20.1. The number of rotatable bonds is 6. The second kappa shape index (κ2) is 9.86. The van der Waals surface area contributed by atoms with E-state index < -0.39 is 10.0 Å². The van der Waals surface area contributed by atoms with Gasteiger partial charge in [0.15, 0.2) is 0 Å². The number of carbonyl (C=O) groups is 1. The lowest BCUT2D eigenvalue weighted by Gasteiger charge is -2.36. The third kappa shape index (κ3) is 5.14. The van der Waals surface area contributed by atoms with Crippen LogP contribution in [0.5, 0.6) is 0 Å². The maximum Gasteiger partial charge on any atom is 0.263 e. The summed E-state index contributed by atoms with van der Waals surface area (Å²) < 4.78 is 33.3. The van der Waals surface area contributed by atoms with Gasteiger partial charge in [-0.15, -0.1) is 11.3 Å². The monoisotopic (exact) mass is 478 g/mol. The largest absolute Gasteiger partial charge is 0.372 e. The molecule has 0 aromatic carbocycles. The Hall–Kier alpha value is -2.01. The molecule has 174 valence electrons. The Morgan fingerprint density at radius 2 is 1.88 bits per heavy atom. The van der Waals surface area contributed by atoms with Crippen molar-refractivity contribution in [2.45, 2.75) is 56.8 Å². The standard InChI is InChI=1S/C22H30N4O4S2/c1-16-14-25(15-17(2)30-16)20-7-6-18(12-23-20)13-24-22(27)21-19(8-11-31-21)32(28,29)26-9-4-3-5-10-26/h6-8,11-12,16-17H,3-5,9-10,13-15H2,1-2H3,(H,24,27). The molecule has 2 fully saturated rings. The number of aromatic nitrogens is 1. The first-order valence-corrected chi connectivity index (χ1v) is 13.4. The van der Waals surface area contributed by atoms with Crippen LogP contribution in [0, 0.1) is 0 Å². The number of anilines is 1. The van der Waals surface area contributed by atoms with Crippen molar-refractivity contribution in [1.29, 1.82) is 0 Å². The lowest BCUT2D eigenvalue weighted by atomic mass is 10.2. The lowest BCUT2D eigenvalue weighted by molar-refractivity contribution is -0.00546. The van der Waals surface area contributed by atoms with E-state index in [2.05, 4.69) is 29.0 Å². The maximum atomic E-state index is 13.0. The van der Waals surface area contributed by atoms with Crippen molar-refractivity contribution in [2.24, 2.45) is 0 Å². The number of hydrogen-bond acceptors (Lipinski definition) is 7. The van der Waals surface area contributed by atoms with E-state index in [4.69, 9.17) is 4.74 Å². The minimum atomic E-state index is -3.65. The van der Waals surface area contributed by atoms with Crippen LogP contribution in [0.3, 0.4) is 0 Å². The van der Waals surface area contributed by atoms with Gasteiger partial charge in [-0.2, -0.15) is 4.31 Å².